The molecule has 0 atom stereocenters. The summed E-state index contributed by atoms with van der Waals surface area (Å²) in [5, 5.41) is 3.55. The van der Waals surface area contributed by atoms with Gasteiger partial charge in [-0.2, -0.15) is 4.39 Å². The van der Waals surface area contributed by atoms with E-state index in [1.807, 2.05) is 19.1 Å². The number of benzene rings is 1. The Morgan fingerprint density at radius 2 is 2.06 bits per heavy atom. The molecule has 1 aromatic heterocycles. The van der Waals surface area contributed by atoms with E-state index in [0.717, 1.165) is 11.3 Å². The summed E-state index contributed by atoms with van der Waals surface area (Å²) in [6, 6.07) is 10.2. The summed E-state index contributed by atoms with van der Waals surface area (Å²) in [6.07, 6.45) is 0. The molecule has 16 heavy (non-hydrogen) atoms. The van der Waals surface area contributed by atoms with Crippen LogP contribution in [0.3, 0.4) is 0 Å². The maximum Gasteiger partial charge on any atom is 0.214 e. The minimum absolute atomic E-state index is 0.438. The molecule has 2 nitrogen and oxygen atoms in total. The van der Waals surface area contributed by atoms with Crippen molar-refractivity contribution in [2.75, 3.05) is 5.32 Å². The van der Waals surface area contributed by atoms with Gasteiger partial charge in [0.1, 0.15) is 5.82 Å². The van der Waals surface area contributed by atoms with Crippen LogP contribution in [0, 0.1) is 12.9 Å². The van der Waals surface area contributed by atoms with Gasteiger partial charge in [0, 0.05) is 0 Å². The number of aryl methyl sites for hydroxylation is 1. The average molecular weight is 237 g/mol. The van der Waals surface area contributed by atoms with E-state index in [1.165, 1.54) is 6.07 Å². The standard InChI is InChI=1S/C12H10ClFN2/c1-8-5-6-9(13)10(7-8)15-12-4-2-3-11(14)16-12/h2-7H,1H3,(H,15,16). The second-order valence-corrected chi connectivity index (χ2v) is 3.86. The van der Waals surface area contributed by atoms with Crippen molar-refractivity contribution in [3.8, 4) is 0 Å². The molecule has 0 saturated carbocycles. The molecule has 4 heteroatoms. The van der Waals surface area contributed by atoms with E-state index in [4.69, 9.17) is 11.6 Å². The van der Waals surface area contributed by atoms with E-state index < -0.39 is 5.95 Å². The Labute approximate surface area is 98.1 Å². The van der Waals surface area contributed by atoms with Crippen molar-refractivity contribution in [2.45, 2.75) is 6.92 Å². The van der Waals surface area contributed by atoms with Gasteiger partial charge in [0.05, 0.1) is 10.7 Å². The van der Waals surface area contributed by atoms with E-state index in [0.29, 0.717) is 10.8 Å². The van der Waals surface area contributed by atoms with Crippen molar-refractivity contribution >= 4 is 23.1 Å². The molecule has 0 unspecified atom stereocenters. The number of aromatic nitrogens is 1. The smallest absolute Gasteiger partial charge is 0.214 e. The Kier molecular flexibility index (Phi) is 3.06. The summed E-state index contributed by atoms with van der Waals surface area (Å²) in [4.78, 5) is 3.70. The molecule has 1 aromatic carbocycles. The lowest BCUT2D eigenvalue weighted by molar-refractivity contribution is 0.585. The Hall–Kier alpha value is -1.61. The zero-order valence-corrected chi connectivity index (χ0v) is 9.42. The molecule has 0 aliphatic heterocycles. The monoisotopic (exact) mass is 236 g/mol. The van der Waals surface area contributed by atoms with Gasteiger partial charge in [-0.25, -0.2) is 4.98 Å². The molecule has 0 saturated heterocycles. The topological polar surface area (TPSA) is 24.9 Å². The highest BCUT2D eigenvalue weighted by Gasteiger charge is 2.02. The summed E-state index contributed by atoms with van der Waals surface area (Å²) in [6.45, 7) is 1.96. The second-order valence-electron chi connectivity index (χ2n) is 3.45. The average Bonchev–Trinajstić information content (AvgIpc) is 2.24. The fourth-order valence-electron chi connectivity index (χ4n) is 1.35. The second kappa shape index (κ2) is 4.49. The molecule has 0 fully saturated rings. The van der Waals surface area contributed by atoms with Crippen LogP contribution < -0.4 is 5.32 Å². The van der Waals surface area contributed by atoms with Crippen LogP contribution in [-0.2, 0) is 0 Å². The lowest BCUT2D eigenvalue weighted by atomic mass is 10.2. The minimum Gasteiger partial charge on any atom is -0.339 e. The molecule has 1 heterocycles. The number of anilines is 2. The van der Waals surface area contributed by atoms with Crippen LogP contribution in [0.15, 0.2) is 36.4 Å². The maximum absolute atomic E-state index is 12.9. The summed E-state index contributed by atoms with van der Waals surface area (Å²) in [5.74, 6) is -0.0822. The number of hydrogen-bond acceptors (Lipinski definition) is 2. The normalized spacial score (nSPS) is 10.2. The Balaban J connectivity index is 2.30. The first-order valence-electron chi connectivity index (χ1n) is 4.81. The fourth-order valence-corrected chi connectivity index (χ4v) is 1.52. The molecule has 0 aliphatic carbocycles. The van der Waals surface area contributed by atoms with Crippen LogP contribution in [0.1, 0.15) is 5.56 Å². The number of rotatable bonds is 2. The summed E-state index contributed by atoms with van der Waals surface area (Å²) < 4.78 is 12.9. The van der Waals surface area contributed by atoms with Gasteiger partial charge < -0.3 is 5.32 Å². The van der Waals surface area contributed by atoms with Gasteiger partial charge in [-0.1, -0.05) is 23.7 Å². The molecule has 1 N–H and O–H groups in total. The molecular weight excluding hydrogens is 227 g/mol. The minimum atomic E-state index is -0.520. The Bertz CT molecular complexity index is 514. The first-order valence-corrected chi connectivity index (χ1v) is 5.19. The number of pyridine rings is 1. The third-order valence-electron chi connectivity index (χ3n) is 2.10. The molecule has 2 aromatic rings. The van der Waals surface area contributed by atoms with E-state index in [2.05, 4.69) is 10.3 Å². The lowest BCUT2D eigenvalue weighted by Gasteiger charge is -2.08. The highest BCUT2D eigenvalue weighted by atomic mass is 35.5. The van der Waals surface area contributed by atoms with Gasteiger partial charge in [-0.15, -0.1) is 0 Å². The fraction of sp³-hybridized carbons (Fsp3) is 0.0833. The van der Waals surface area contributed by atoms with Gasteiger partial charge in [0.25, 0.3) is 0 Å². The largest absolute Gasteiger partial charge is 0.339 e. The van der Waals surface area contributed by atoms with Crippen LogP contribution >= 0.6 is 11.6 Å². The third-order valence-corrected chi connectivity index (χ3v) is 2.43. The highest BCUT2D eigenvalue weighted by molar-refractivity contribution is 6.33. The number of hydrogen-bond donors (Lipinski definition) is 1. The molecular formula is C12H10ClFN2. The maximum atomic E-state index is 12.9. The molecule has 0 aliphatic rings. The highest BCUT2D eigenvalue weighted by Crippen LogP contribution is 2.25. The summed E-state index contributed by atoms with van der Waals surface area (Å²) in [7, 11) is 0. The van der Waals surface area contributed by atoms with E-state index in [1.54, 1.807) is 18.2 Å². The molecule has 0 spiro atoms. The lowest BCUT2D eigenvalue weighted by Crippen LogP contribution is -1.95. The molecule has 0 amide bonds. The van der Waals surface area contributed by atoms with Crippen LogP contribution in [0.4, 0.5) is 15.9 Å². The SMILES string of the molecule is Cc1ccc(Cl)c(Nc2cccc(F)n2)c1. The Morgan fingerprint density at radius 1 is 1.25 bits per heavy atom. The van der Waals surface area contributed by atoms with E-state index in [-0.39, 0.29) is 0 Å². The summed E-state index contributed by atoms with van der Waals surface area (Å²) >= 11 is 6.00. The van der Waals surface area contributed by atoms with Gasteiger partial charge in [0.15, 0.2) is 0 Å². The van der Waals surface area contributed by atoms with Gasteiger partial charge in [-0.3, -0.25) is 0 Å². The van der Waals surface area contributed by atoms with Crippen LogP contribution in [0.25, 0.3) is 0 Å². The number of halogens is 2. The molecule has 0 radical (unpaired) electrons. The van der Waals surface area contributed by atoms with E-state index >= 15 is 0 Å². The van der Waals surface area contributed by atoms with Gasteiger partial charge in [0.2, 0.25) is 5.95 Å². The van der Waals surface area contributed by atoms with Crippen molar-refractivity contribution in [3.63, 3.8) is 0 Å². The first-order chi connectivity index (χ1) is 7.65. The van der Waals surface area contributed by atoms with Crippen molar-refractivity contribution in [1.82, 2.24) is 4.98 Å². The number of nitrogens with one attached hydrogen (secondary N) is 1. The predicted octanol–water partition coefficient (Wildman–Crippen LogP) is 3.93. The first kappa shape index (κ1) is 10.9. The van der Waals surface area contributed by atoms with Gasteiger partial charge in [-0.05, 0) is 36.8 Å². The third kappa shape index (κ3) is 2.49. The molecule has 2 rings (SSSR count). The van der Waals surface area contributed by atoms with Gasteiger partial charge >= 0.3 is 0 Å². The predicted molar refractivity (Wildman–Crippen MR) is 63.7 cm³/mol. The molecule has 0 bridgehead atoms. The van der Waals surface area contributed by atoms with Crippen molar-refractivity contribution in [3.05, 3.63) is 52.9 Å². The zero-order chi connectivity index (χ0) is 11.5. The van der Waals surface area contributed by atoms with Crippen LogP contribution in [0.2, 0.25) is 5.02 Å². The molecule has 82 valence electrons. The van der Waals surface area contributed by atoms with Crippen molar-refractivity contribution < 1.29 is 4.39 Å². The quantitative estimate of drug-likeness (QED) is 0.800. The zero-order valence-electron chi connectivity index (χ0n) is 8.67. The summed E-state index contributed by atoms with van der Waals surface area (Å²) in [5.41, 5.74) is 1.79. The van der Waals surface area contributed by atoms with Crippen molar-refractivity contribution in [1.29, 1.82) is 0 Å². The number of nitrogens with zero attached hydrogens (tertiary/aromatic N) is 1. The van der Waals surface area contributed by atoms with Crippen LogP contribution in [0.5, 0.6) is 0 Å². The van der Waals surface area contributed by atoms with Crippen molar-refractivity contribution in [2.24, 2.45) is 0 Å². The van der Waals surface area contributed by atoms with E-state index in [9.17, 15) is 4.39 Å². The Morgan fingerprint density at radius 3 is 2.81 bits per heavy atom. The van der Waals surface area contributed by atoms with Crippen LogP contribution in [-0.4, -0.2) is 4.98 Å².